The summed E-state index contributed by atoms with van der Waals surface area (Å²) in [6.07, 6.45) is 1.25. The van der Waals surface area contributed by atoms with Crippen LogP contribution >= 0.6 is 0 Å². The van der Waals surface area contributed by atoms with Crippen LogP contribution in [0.3, 0.4) is 0 Å². The summed E-state index contributed by atoms with van der Waals surface area (Å²) in [5.74, 6) is 0. The van der Waals surface area contributed by atoms with Crippen LogP contribution < -0.4 is 34.0 Å². The van der Waals surface area contributed by atoms with E-state index in [1.807, 2.05) is 0 Å². The van der Waals surface area contributed by atoms with Gasteiger partial charge in [-0.05, 0) is 0 Å². The zero-order chi connectivity index (χ0) is 2.71. The molecule has 0 aliphatic heterocycles. The predicted octanol–water partition coefficient (Wildman–Crippen LogP) is -4.96. The van der Waals surface area contributed by atoms with Gasteiger partial charge in [0.25, 0.3) is 0 Å². The molecule has 0 fully saturated rings. The van der Waals surface area contributed by atoms with Gasteiger partial charge < -0.3 is 34.0 Å². The van der Waals surface area contributed by atoms with Gasteiger partial charge >= 0.3 is 23.1 Å². The summed E-state index contributed by atoms with van der Waals surface area (Å²) < 4.78 is 0. The first kappa shape index (κ1) is 25.2. The zero-order valence-corrected chi connectivity index (χ0v) is 8.76. The fourth-order valence-electron chi connectivity index (χ4n) is 0. The van der Waals surface area contributed by atoms with Crippen LogP contribution in [0.2, 0.25) is 0 Å². The molecule has 36 valence electrons. The van der Waals surface area contributed by atoms with Gasteiger partial charge in [-0.25, -0.2) is 0 Å². The summed E-state index contributed by atoms with van der Waals surface area (Å²) in [5, 5.41) is 0. The smallest absolute Gasteiger partial charge is 1.00 e. The van der Waals surface area contributed by atoms with E-state index in [0.29, 0.717) is 0 Å². The summed E-state index contributed by atoms with van der Waals surface area (Å²) in [7, 11) is 0. The molecule has 0 N–H and O–H groups in total. The Morgan fingerprint density at radius 1 is 1.00 bits per heavy atom. The molecule has 0 nitrogen and oxygen atoms in total. The molecule has 0 aromatic carbocycles. The number of rotatable bonds is 0. The van der Waals surface area contributed by atoms with Gasteiger partial charge in [-0.15, -0.1) is 0 Å². The maximum atomic E-state index is 2.12. The topological polar surface area (TPSA) is 0 Å². The molecule has 0 aromatic heterocycles. The van der Waals surface area contributed by atoms with Crippen molar-refractivity contribution in [2.24, 2.45) is 0 Å². The van der Waals surface area contributed by atoms with E-state index in [1.165, 1.54) is 6.42 Å². The van der Waals surface area contributed by atoms with E-state index < -0.39 is 0 Å². The Balaban J connectivity index is -0.00000000667. The van der Waals surface area contributed by atoms with E-state index in [-0.39, 0.29) is 57.0 Å². The van der Waals surface area contributed by atoms with Crippen LogP contribution in [0.25, 0.3) is 0 Å². The molecule has 0 aliphatic rings. The molecule has 0 amide bonds. The molecule has 6 heavy (non-hydrogen) atoms. The van der Waals surface area contributed by atoms with E-state index >= 15 is 0 Å². The Labute approximate surface area is 76.8 Å². The van der Waals surface area contributed by atoms with Crippen molar-refractivity contribution in [2.45, 2.75) is 20.3 Å². The molecule has 0 unspecified atom stereocenters. The van der Waals surface area contributed by atoms with Crippen molar-refractivity contribution < 1.29 is 34.0 Å². The van der Waals surface area contributed by atoms with Gasteiger partial charge in [0, 0.05) is 0 Å². The zero-order valence-electron chi connectivity index (χ0n) is 4.17. The van der Waals surface area contributed by atoms with E-state index in [9.17, 15) is 0 Å². The Morgan fingerprint density at radius 3 is 1.00 bits per heavy atom. The van der Waals surface area contributed by atoms with Crippen LogP contribution in [0.1, 0.15) is 20.3 Å². The monoisotopic (exact) mass is 226 g/mol. The number of hydrogen-bond donors (Lipinski definition) is 0. The molecule has 0 aliphatic carbocycles. The van der Waals surface area contributed by atoms with Crippen LogP contribution in [0.15, 0.2) is 0 Å². The fraction of sp³-hybridized carbons (Fsp3) is 1.00. The average Bonchev–Trinajstić information content (AvgIpc) is 0.918. The average molecular weight is 228 g/mol. The van der Waals surface area contributed by atoms with Crippen LogP contribution in [0.4, 0.5) is 0 Å². The molecule has 0 rings (SSSR count). The van der Waals surface area contributed by atoms with Crippen LogP contribution in [-0.2, 0) is 0 Å². The second-order valence-electron chi connectivity index (χ2n) is 0.707. The van der Waals surface area contributed by atoms with E-state index in [2.05, 4.69) is 13.8 Å². The molecule has 0 spiro atoms. The molecular formula is C3H8Br2Mg. The Kier molecular flexibility index (Phi) is 125. The molecule has 0 aromatic rings. The quantitative estimate of drug-likeness (QED) is 0.364. The van der Waals surface area contributed by atoms with Gasteiger partial charge in [0.15, 0.2) is 0 Å². The molecule has 0 saturated heterocycles. The maximum absolute atomic E-state index is 2.12. The Morgan fingerprint density at radius 2 is 1.00 bits per heavy atom. The van der Waals surface area contributed by atoms with Crippen LogP contribution in [-0.4, -0.2) is 23.1 Å². The minimum absolute atomic E-state index is 0. The van der Waals surface area contributed by atoms with Gasteiger partial charge in [-0.3, -0.25) is 0 Å². The van der Waals surface area contributed by atoms with Crippen molar-refractivity contribution in [3.8, 4) is 0 Å². The van der Waals surface area contributed by atoms with Crippen molar-refractivity contribution in [3.05, 3.63) is 0 Å². The predicted molar refractivity (Wildman–Crippen MR) is 21.7 cm³/mol. The largest absolute Gasteiger partial charge is 2.00 e. The summed E-state index contributed by atoms with van der Waals surface area (Å²) in [5.41, 5.74) is 0. The van der Waals surface area contributed by atoms with Crippen LogP contribution in [0.5, 0.6) is 0 Å². The minimum atomic E-state index is 0. The van der Waals surface area contributed by atoms with Crippen molar-refractivity contribution in [1.82, 2.24) is 0 Å². The van der Waals surface area contributed by atoms with Gasteiger partial charge in [0.05, 0.1) is 0 Å². The third-order valence-corrected chi connectivity index (χ3v) is 0. The minimum Gasteiger partial charge on any atom is -1.00 e. The Hall–Kier alpha value is 1.73. The second-order valence-corrected chi connectivity index (χ2v) is 0.707. The summed E-state index contributed by atoms with van der Waals surface area (Å²) >= 11 is 0. The molecule has 0 atom stereocenters. The van der Waals surface area contributed by atoms with Crippen LogP contribution in [0, 0.1) is 0 Å². The molecule has 0 heterocycles. The third-order valence-electron chi connectivity index (χ3n) is 0. The normalized spacial score (nSPS) is 3.00. The van der Waals surface area contributed by atoms with Gasteiger partial charge in [-0.1, -0.05) is 20.3 Å². The summed E-state index contributed by atoms with van der Waals surface area (Å²) in [6.45, 7) is 4.25. The van der Waals surface area contributed by atoms with Crippen molar-refractivity contribution in [2.75, 3.05) is 0 Å². The van der Waals surface area contributed by atoms with Gasteiger partial charge in [-0.2, -0.15) is 0 Å². The molecule has 0 bridgehead atoms. The standard InChI is InChI=1S/C3H8.2BrH.Mg/c1-3-2;;;/h3H2,1-2H3;2*1H;/q;;;+2/p-2. The van der Waals surface area contributed by atoms with Gasteiger partial charge in [0.1, 0.15) is 0 Å². The molecular weight excluding hydrogens is 220 g/mol. The van der Waals surface area contributed by atoms with Crippen molar-refractivity contribution in [3.63, 3.8) is 0 Å². The first-order valence-electron chi connectivity index (χ1n) is 1.41. The first-order chi connectivity index (χ1) is 1.41. The Bertz CT molecular complexity index is 8.75. The SMILES string of the molecule is CCC.[Br-].[Br-].[Mg+2]. The van der Waals surface area contributed by atoms with Crippen molar-refractivity contribution in [1.29, 1.82) is 0 Å². The van der Waals surface area contributed by atoms with Crippen molar-refractivity contribution >= 4 is 23.1 Å². The summed E-state index contributed by atoms with van der Waals surface area (Å²) in [4.78, 5) is 0. The van der Waals surface area contributed by atoms with E-state index in [0.717, 1.165) is 0 Å². The summed E-state index contributed by atoms with van der Waals surface area (Å²) in [6, 6.07) is 0. The molecule has 0 radical (unpaired) electrons. The third kappa shape index (κ3) is 42.9. The first-order valence-corrected chi connectivity index (χ1v) is 1.41. The van der Waals surface area contributed by atoms with Gasteiger partial charge in [0.2, 0.25) is 0 Å². The molecule has 3 heteroatoms. The molecule has 0 saturated carbocycles. The van der Waals surface area contributed by atoms with E-state index in [4.69, 9.17) is 0 Å². The maximum Gasteiger partial charge on any atom is 2.00 e. The fourth-order valence-corrected chi connectivity index (χ4v) is 0. The number of halogens is 2. The van der Waals surface area contributed by atoms with E-state index in [1.54, 1.807) is 0 Å². The second kappa shape index (κ2) is 29.7. The number of hydrogen-bond acceptors (Lipinski definition) is 0.